The third kappa shape index (κ3) is 4.40. The van der Waals surface area contributed by atoms with Gasteiger partial charge in [0.15, 0.2) is 18.1 Å². The van der Waals surface area contributed by atoms with E-state index in [4.69, 9.17) is 18.6 Å². The molecule has 0 spiro atoms. The molecular formula is C24H24N2O5. The molecule has 0 saturated heterocycles. The number of methoxy groups -OCH3 is 2. The van der Waals surface area contributed by atoms with Crippen LogP contribution in [-0.2, 0) is 4.79 Å². The van der Waals surface area contributed by atoms with Gasteiger partial charge in [-0.2, -0.15) is 5.10 Å². The zero-order valence-electron chi connectivity index (χ0n) is 17.7. The van der Waals surface area contributed by atoms with E-state index in [9.17, 15) is 4.79 Å². The number of ether oxygens (including phenoxy) is 3. The van der Waals surface area contributed by atoms with E-state index >= 15 is 0 Å². The monoisotopic (exact) mass is 420 g/mol. The van der Waals surface area contributed by atoms with Gasteiger partial charge < -0.3 is 18.6 Å². The van der Waals surface area contributed by atoms with Gasteiger partial charge in [0.2, 0.25) is 0 Å². The topological polar surface area (TPSA) is 73.5 Å². The first-order chi connectivity index (χ1) is 15.1. The van der Waals surface area contributed by atoms with Crippen molar-refractivity contribution in [2.75, 3.05) is 20.8 Å². The quantitative estimate of drug-likeness (QED) is 0.568. The van der Waals surface area contributed by atoms with Crippen molar-refractivity contribution in [3.8, 4) is 17.2 Å². The first-order valence-electron chi connectivity index (χ1n) is 9.94. The molecule has 1 unspecified atom stereocenters. The van der Waals surface area contributed by atoms with Crippen molar-refractivity contribution in [1.29, 1.82) is 0 Å². The van der Waals surface area contributed by atoms with Gasteiger partial charge in [-0.15, -0.1) is 0 Å². The highest BCUT2D eigenvalue weighted by molar-refractivity contribution is 6.03. The van der Waals surface area contributed by atoms with Gasteiger partial charge in [0.05, 0.1) is 26.2 Å². The molecule has 0 fully saturated rings. The standard InChI is InChI=1S/C24H24N2O5/c1-16-6-11-22(23(13-16)29-3)31-15-24(27)26-20(21-5-4-12-30-21)14-19(25-26)17-7-9-18(28-2)10-8-17/h4-13,20H,14-15H2,1-3H3. The number of furan rings is 1. The lowest BCUT2D eigenvalue weighted by Crippen LogP contribution is -2.31. The van der Waals surface area contributed by atoms with Crippen LogP contribution in [0.15, 0.2) is 70.4 Å². The van der Waals surface area contributed by atoms with Crippen molar-refractivity contribution in [3.05, 3.63) is 77.7 Å². The molecule has 0 aliphatic carbocycles. The number of nitrogens with zero attached hydrogens (tertiary/aromatic N) is 2. The Morgan fingerprint density at radius 1 is 1.10 bits per heavy atom. The molecule has 2 heterocycles. The SMILES string of the molecule is COc1ccc(C2=NN(C(=O)COc3ccc(C)cc3OC)C(c3ccco3)C2)cc1. The van der Waals surface area contributed by atoms with Gasteiger partial charge in [0, 0.05) is 6.42 Å². The van der Waals surface area contributed by atoms with E-state index in [1.165, 1.54) is 5.01 Å². The molecule has 1 atom stereocenters. The summed E-state index contributed by atoms with van der Waals surface area (Å²) >= 11 is 0. The highest BCUT2D eigenvalue weighted by Crippen LogP contribution is 2.34. The average Bonchev–Trinajstić information content (AvgIpc) is 3.48. The normalized spacial score (nSPS) is 15.5. The maximum Gasteiger partial charge on any atom is 0.281 e. The minimum absolute atomic E-state index is 0.171. The maximum atomic E-state index is 13.1. The second-order valence-electron chi connectivity index (χ2n) is 7.19. The molecule has 31 heavy (non-hydrogen) atoms. The van der Waals surface area contributed by atoms with Crippen LogP contribution in [0.4, 0.5) is 0 Å². The Balaban J connectivity index is 1.55. The summed E-state index contributed by atoms with van der Waals surface area (Å²) in [6.45, 7) is 1.79. The summed E-state index contributed by atoms with van der Waals surface area (Å²) in [5, 5.41) is 6.05. The zero-order valence-corrected chi connectivity index (χ0v) is 17.7. The van der Waals surface area contributed by atoms with E-state index in [2.05, 4.69) is 5.10 Å². The lowest BCUT2D eigenvalue weighted by atomic mass is 10.0. The largest absolute Gasteiger partial charge is 0.497 e. The summed E-state index contributed by atoms with van der Waals surface area (Å²) in [5.74, 6) is 2.26. The number of amides is 1. The molecule has 7 nitrogen and oxygen atoms in total. The highest BCUT2D eigenvalue weighted by atomic mass is 16.5. The number of hydrogen-bond acceptors (Lipinski definition) is 6. The molecule has 0 saturated carbocycles. The summed E-state index contributed by atoms with van der Waals surface area (Å²) in [6, 6.07) is 16.5. The minimum atomic E-state index is -0.330. The summed E-state index contributed by atoms with van der Waals surface area (Å²) in [5.41, 5.74) is 2.76. The molecule has 7 heteroatoms. The molecule has 4 rings (SSSR count). The van der Waals surface area contributed by atoms with Crippen LogP contribution in [0.25, 0.3) is 0 Å². The number of carbonyl (C=O) groups excluding carboxylic acids is 1. The summed E-state index contributed by atoms with van der Waals surface area (Å²) in [6.07, 6.45) is 2.14. The van der Waals surface area contributed by atoms with Crippen LogP contribution in [-0.4, -0.2) is 37.5 Å². The van der Waals surface area contributed by atoms with Crippen LogP contribution in [0.5, 0.6) is 17.2 Å². The van der Waals surface area contributed by atoms with Crippen LogP contribution < -0.4 is 14.2 Å². The molecule has 0 N–H and O–H groups in total. The Kier molecular flexibility index (Phi) is 5.93. The molecule has 1 aliphatic rings. The van der Waals surface area contributed by atoms with Crippen molar-refractivity contribution in [2.24, 2.45) is 5.10 Å². The van der Waals surface area contributed by atoms with Crippen molar-refractivity contribution in [2.45, 2.75) is 19.4 Å². The first kappa shape index (κ1) is 20.5. The zero-order chi connectivity index (χ0) is 21.8. The number of aryl methyl sites for hydroxylation is 1. The second kappa shape index (κ2) is 8.95. The fraction of sp³-hybridized carbons (Fsp3) is 0.250. The third-order valence-corrected chi connectivity index (χ3v) is 5.13. The molecule has 0 bridgehead atoms. The van der Waals surface area contributed by atoms with Gasteiger partial charge in [0.25, 0.3) is 5.91 Å². The summed E-state index contributed by atoms with van der Waals surface area (Å²) in [4.78, 5) is 13.1. The summed E-state index contributed by atoms with van der Waals surface area (Å²) < 4.78 is 21.9. The smallest absolute Gasteiger partial charge is 0.281 e. The van der Waals surface area contributed by atoms with Crippen LogP contribution >= 0.6 is 0 Å². The predicted octanol–water partition coefficient (Wildman–Crippen LogP) is 4.36. The van der Waals surface area contributed by atoms with Crippen LogP contribution in [0.1, 0.15) is 29.3 Å². The third-order valence-electron chi connectivity index (χ3n) is 5.13. The minimum Gasteiger partial charge on any atom is -0.497 e. The van der Waals surface area contributed by atoms with Gasteiger partial charge in [-0.25, -0.2) is 5.01 Å². The molecule has 1 amide bonds. The molecule has 1 aliphatic heterocycles. The van der Waals surface area contributed by atoms with Crippen LogP contribution in [0.2, 0.25) is 0 Å². The van der Waals surface area contributed by atoms with E-state index in [0.717, 1.165) is 22.6 Å². The highest BCUT2D eigenvalue weighted by Gasteiger charge is 2.35. The van der Waals surface area contributed by atoms with Gasteiger partial charge in [-0.3, -0.25) is 4.79 Å². The first-order valence-corrected chi connectivity index (χ1v) is 9.94. The van der Waals surface area contributed by atoms with Gasteiger partial charge in [-0.1, -0.05) is 6.07 Å². The molecule has 1 aromatic heterocycles. The van der Waals surface area contributed by atoms with E-state index in [0.29, 0.717) is 23.7 Å². The Hall–Kier alpha value is -3.74. The lowest BCUT2D eigenvalue weighted by molar-refractivity contribution is -0.135. The molecule has 160 valence electrons. The van der Waals surface area contributed by atoms with Crippen LogP contribution in [0, 0.1) is 6.92 Å². The van der Waals surface area contributed by atoms with Crippen molar-refractivity contribution >= 4 is 11.6 Å². The predicted molar refractivity (Wildman–Crippen MR) is 116 cm³/mol. The van der Waals surface area contributed by atoms with E-state index < -0.39 is 0 Å². The molecular weight excluding hydrogens is 396 g/mol. The second-order valence-corrected chi connectivity index (χ2v) is 7.19. The number of rotatable bonds is 7. The number of carbonyl (C=O) groups is 1. The molecule has 0 radical (unpaired) electrons. The fourth-order valence-corrected chi connectivity index (χ4v) is 3.50. The Morgan fingerprint density at radius 3 is 2.58 bits per heavy atom. The van der Waals surface area contributed by atoms with Crippen LogP contribution in [0.3, 0.4) is 0 Å². The fourth-order valence-electron chi connectivity index (χ4n) is 3.50. The Labute approximate surface area is 180 Å². The van der Waals surface area contributed by atoms with E-state index in [1.807, 2.05) is 49.4 Å². The number of hydrogen-bond donors (Lipinski definition) is 0. The average molecular weight is 420 g/mol. The van der Waals surface area contributed by atoms with Crippen molar-refractivity contribution < 1.29 is 23.4 Å². The van der Waals surface area contributed by atoms with Crippen molar-refractivity contribution in [3.63, 3.8) is 0 Å². The van der Waals surface area contributed by atoms with Crippen molar-refractivity contribution in [1.82, 2.24) is 5.01 Å². The van der Waals surface area contributed by atoms with E-state index in [1.54, 1.807) is 32.6 Å². The van der Waals surface area contributed by atoms with Gasteiger partial charge in [0.1, 0.15) is 17.6 Å². The molecule has 2 aromatic carbocycles. The summed E-state index contributed by atoms with van der Waals surface area (Å²) in [7, 11) is 3.20. The Morgan fingerprint density at radius 2 is 1.90 bits per heavy atom. The number of hydrazone groups is 1. The Bertz CT molecular complexity index is 1070. The lowest BCUT2D eigenvalue weighted by Gasteiger charge is -2.20. The maximum absolute atomic E-state index is 13.1. The van der Waals surface area contributed by atoms with E-state index in [-0.39, 0.29) is 18.6 Å². The molecule has 3 aromatic rings. The van der Waals surface area contributed by atoms with Gasteiger partial charge in [-0.05, 0) is 66.6 Å². The van der Waals surface area contributed by atoms with Gasteiger partial charge >= 0.3 is 0 Å². The number of benzene rings is 2.